The lowest BCUT2D eigenvalue weighted by atomic mass is 9.85. The van der Waals surface area contributed by atoms with E-state index in [-0.39, 0.29) is 0 Å². The van der Waals surface area contributed by atoms with Crippen LogP contribution in [-0.4, -0.2) is 4.57 Å². The van der Waals surface area contributed by atoms with Gasteiger partial charge in [0.15, 0.2) is 0 Å². The Bertz CT molecular complexity index is 4100. The van der Waals surface area contributed by atoms with Gasteiger partial charge < -0.3 is 8.98 Å². The number of rotatable bonds is 5. The molecule has 0 saturated heterocycles. The van der Waals surface area contributed by atoms with Gasteiger partial charge in [-0.05, 0) is 126 Å². The van der Waals surface area contributed by atoms with Gasteiger partial charge in [0, 0.05) is 32.3 Å². The van der Waals surface area contributed by atoms with Crippen molar-refractivity contribution < 1.29 is 4.42 Å². The van der Waals surface area contributed by atoms with Crippen LogP contribution in [0.3, 0.4) is 0 Å². The first-order valence-electron chi connectivity index (χ1n) is 23.1. The standard InChI is InChI=1S/C64H41NO/c1-3-18-40(19-4-1)42-34-36-57-54(38-42)44-22-15-16-32-56(44)65(57)64-51-29-13-11-27-49(51)62(50-28-12-14-30-52(50)64)53-31-17-33-59-63(53)55-39-43(35-37-58(55)66-59)61-47-25-9-7-23-45(47)60(41-20-5-2-6-21-41)46-24-8-10-26-48(46)61/h2-3,5-39H,1,4H2. The lowest BCUT2D eigenvalue weighted by Gasteiger charge is -2.20. The Labute approximate surface area is 381 Å². The van der Waals surface area contributed by atoms with Crippen molar-refractivity contribution in [2.75, 3.05) is 0 Å². The highest BCUT2D eigenvalue weighted by molar-refractivity contribution is 6.26. The molecule has 14 rings (SSSR count). The summed E-state index contributed by atoms with van der Waals surface area (Å²) in [7, 11) is 0. The van der Waals surface area contributed by atoms with E-state index >= 15 is 0 Å². The predicted octanol–water partition coefficient (Wildman–Crippen LogP) is 18.0. The maximum atomic E-state index is 6.80. The summed E-state index contributed by atoms with van der Waals surface area (Å²) in [5.41, 5.74) is 15.2. The van der Waals surface area contributed by atoms with Crippen LogP contribution in [0.15, 0.2) is 229 Å². The molecule has 308 valence electrons. The molecule has 11 aromatic carbocycles. The van der Waals surface area contributed by atoms with E-state index in [1.165, 1.54) is 110 Å². The van der Waals surface area contributed by atoms with Gasteiger partial charge >= 0.3 is 0 Å². The number of para-hydroxylation sites is 1. The third kappa shape index (κ3) is 5.42. The van der Waals surface area contributed by atoms with Crippen molar-refractivity contribution in [1.82, 2.24) is 4.57 Å². The molecule has 0 radical (unpaired) electrons. The van der Waals surface area contributed by atoms with Gasteiger partial charge in [-0.15, -0.1) is 0 Å². The zero-order chi connectivity index (χ0) is 43.3. The first-order valence-corrected chi connectivity index (χ1v) is 23.1. The minimum Gasteiger partial charge on any atom is -0.456 e. The molecule has 0 aliphatic heterocycles. The quantitative estimate of drug-likeness (QED) is 0.158. The van der Waals surface area contributed by atoms with E-state index in [4.69, 9.17) is 4.42 Å². The van der Waals surface area contributed by atoms with Crippen molar-refractivity contribution in [3.8, 4) is 39.1 Å². The molecular formula is C64H41NO. The first kappa shape index (κ1) is 37.0. The minimum absolute atomic E-state index is 0.880. The average Bonchev–Trinajstić information content (AvgIpc) is 3.93. The molecule has 2 heterocycles. The molecule has 0 saturated carbocycles. The maximum absolute atomic E-state index is 6.80. The number of furan rings is 1. The van der Waals surface area contributed by atoms with Gasteiger partial charge in [0.25, 0.3) is 0 Å². The molecular weight excluding hydrogens is 799 g/mol. The van der Waals surface area contributed by atoms with Crippen LogP contribution in [0.4, 0.5) is 0 Å². The SMILES string of the molecule is C1=CC(c2ccc3c(c2)c2ccccc2n3-c2c3ccccc3c(-c3cccc4oc5ccc(-c6c7ccccc7c(-c7ccccc7)c7ccccc67)cc5c34)c3ccccc23)=CCC1. The Morgan fingerprint density at radius 2 is 0.894 bits per heavy atom. The highest BCUT2D eigenvalue weighted by Gasteiger charge is 2.24. The maximum Gasteiger partial charge on any atom is 0.136 e. The number of nitrogens with zero attached hydrogens (tertiary/aromatic N) is 1. The summed E-state index contributed by atoms with van der Waals surface area (Å²) in [4.78, 5) is 0. The summed E-state index contributed by atoms with van der Waals surface area (Å²) >= 11 is 0. The molecule has 1 aliphatic carbocycles. The average molecular weight is 840 g/mol. The molecule has 0 atom stereocenters. The summed E-state index contributed by atoms with van der Waals surface area (Å²) in [5, 5.41) is 14.5. The second-order valence-corrected chi connectivity index (χ2v) is 17.7. The van der Waals surface area contributed by atoms with Crippen molar-refractivity contribution in [2.24, 2.45) is 0 Å². The minimum atomic E-state index is 0.880. The highest BCUT2D eigenvalue weighted by Crippen LogP contribution is 2.49. The molecule has 0 unspecified atom stereocenters. The third-order valence-corrected chi connectivity index (χ3v) is 14.2. The molecule has 2 aromatic heterocycles. The normalized spacial score (nSPS) is 13.1. The van der Waals surface area contributed by atoms with Crippen LogP contribution in [0.1, 0.15) is 18.4 Å². The molecule has 66 heavy (non-hydrogen) atoms. The summed E-state index contributed by atoms with van der Waals surface area (Å²) in [5.74, 6) is 0. The fourth-order valence-corrected chi connectivity index (χ4v) is 11.4. The second kappa shape index (κ2) is 14.5. The fourth-order valence-electron chi connectivity index (χ4n) is 11.4. The number of aromatic nitrogens is 1. The van der Waals surface area contributed by atoms with Gasteiger partial charge in [-0.3, -0.25) is 0 Å². The molecule has 0 N–H and O–H groups in total. The van der Waals surface area contributed by atoms with Crippen LogP contribution in [-0.2, 0) is 0 Å². The number of hydrogen-bond donors (Lipinski definition) is 0. The summed E-state index contributed by atoms with van der Waals surface area (Å²) in [6, 6.07) is 76.0. The van der Waals surface area contributed by atoms with Crippen LogP contribution < -0.4 is 0 Å². The molecule has 1 aliphatic rings. The summed E-state index contributed by atoms with van der Waals surface area (Å²) < 4.78 is 9.32. The molecule has 2 heteroatoms. The molecule has 0 fully saturated rings. The van der Waals surface area contributed by atoms with Crippen LogP contribution in [0.2, 0.25) is 0 Å². The Balaban J connectivity index is 1.04. The number of benzene rings is 11. The van der Waals surface area contributed by atoms with Gasteiger partial charge in [-0.1, -0.05) is 188 Å². The molecule has 0 bridgehead atoms. The van der Waals surface area contributed by atoms with Crippen molar-refractivity contribution in [1.29, 1.82) is 0 Å². The lowest BCUT2D eigenvalue weighted by molar-refractivity contribution is 0.669. The monoisotopic (exact) mass is 839 g/mol. The largest absolute Gasteiger partial charge is 0.456 e. The summed E-state index contributed by atoms with van der Waals surface area (Å²) in [6.45, 7) is 0. The Kier molecular flexibility index (Phi) is 8.14. The van der Waals surface area contributed by atoms with E-state index in [9.17, 15) is 0 Å². The zero-order valence-electron chi connectivity index (χ0n) is 36.1. The van der Waals surface area contributed by atoms with Crippen LogP contribution in [0, 0.1) is 0 Å². The van der Waals surface area contributed by atoms with Crippen LogP contribution in [0.25, 0.3) is 131 Å². The van der Waals surface area contributed by atoms with E-state index in [2.05, 4.69) is 229 Å². The van der Waals surface area contributed by atoms with E-state index in [1.807, 2.05) is 0 Å². The smallest absolute Gasteiger partial charge is 0.136 e. The van der Waals surface area contributed by atoms with Gasteiger partial charge in [0.05, 0.1) is 16.7 Å². The lowest BCUT2D eigenvalue weighted by Crippen LogP contribution is -1.99. The molecule has 0 spiro atoms. The molecule has 13 aromatic rings. The van der Waals surface area contributed by atoms with Crippen molar-refractivity contribution in [3.63, 3.8) is 0 Å². The third-order valence-electron chi connectivity index (χ3n) is 14.2. The number of fused-ring (bicyclic) bond motifs is 10. The molecule has 2 nitrogen and oxygen atoms in total. The van der Waals surface area contributed by atoms with E-state index in [0.29, 0.717) is 0 Å². The fraction of sp³-hybridized carbons (Fsp3) is 0.0312. The zero-order valence-corrected chi connectivity index (χ0v) is 36.1. The van der Waals surface area contributed by atoms with Gasteiger partial charge in [0.2, 0.25) is 0 Å². The van der Waals surface area contributed by atoms with Gasteiger partial charge in [0.1, 0.15) is 11.2 Å². The second-order valence-electron chi connectivity index (χ2n) is 17.7. The van der Waals surface area contributed by atoms with Crippen LogP contribution in [0.5, 0.6) is 0 Å². The van der Waals surface area contributed by atoms with E-state index in [0.717, 1.165) is 40.3 Å². The van der Waals surface area contributed by atoms with Gasteiger partial charge in [-0.25, -0.2) is 0 Å². The number of allylic oxidation sites excluding steroid dienone is 4. The van der Waals surface area contributed by atoms with Crippen molar-refractivity contribution >= 4 is 92.4 Å². The van der Waals surface area contributed by atoms with E-state index in [1.54, 1.807) is 0 Å². The highest BCUT2D eigenvalue weighted by atomic mass is 16.3. The van der Waals surface area contributed by atoms with Crippen molar-refractivity contribution in [2.45, 2.75) is 12.8 Å². The van der Waals surface area contributed by atoms with E-state index < -0.39 is 0 Å². The number of hydrogen-bond acceptors (Lipinski definition) is 1. The van der Waals surface area contributed by atoms with Crippen molar-refractivity contribution in [3.05, 3.63) is 230 Å². The molecule has 0 amide bonds. The predicted molar refractivity (Wildman–Crippen MR) is 281 cm³/mol. The topological polar surface area (TPSA) is 18.1 Å². The van der Waals surface area contributed by atoms with Crippen LogP contribution >= 0.6 is 0 Å². The Morgan fingerprint density at radius 3 is 1.55 bits per heavy atom. The van der Waals surface area contributed by atoms with Gasteiger partial charge in [-0.2, -0.15) is 0 Å². The Hall–Kier alpha value is -8.46. The summed E-state index contributed by atoms with van der Waals surface area (Å²) in [6.07, 6.45) is 9.13. The first-order chi connectivity index (χ1) is 32.8. The Morgan fingerprint density at radius 1 is 0.348 bits per heavy atom.